The van der Waals surface area contributed by atoms with Crippen LogP contribution >= 0.6 is 0 Å². The van der Waals surface area contributed by atoms with Crippen LogP contribution < -0.4 is 21.3 Å². The maximum absolute atomic E-state index is 15.1. The van der Waals surface area contributed by atoms with Crippen LogP contribution in [0.1, 0.15) is 69.8 Å². The number of anilines is 1. The predicted molar refractivity (Wildman–Crippen MR) is 211 cm³/mol. The van der Waals surface area contributed by atoms with E-state index >= 15 is 4.39 Å². The van der Waals surface area contributed by atoms with Gasteiger partial charge in [-0.2, -0.15) is 5.10 Å². The van der Waals surface area contributed by atoms with Crippen LogP contribution in [0, 0.1) is 5.82 Å². The van der Waals surface area contributed by atoms with E-state index in [1.807, 2.05) is 49.1 Å². The summed E-state index contributed by atoms with van der Waals surface area (Å²) in [4.78, 5) is 34.1. The molecule has 0 atom stereocenters. The number of amides is 2. The Balaban J connectivity index is 1.13. The number of rotatable bonds is 16. The average molecular weight is 735 g/mol. The molecule has 1 fully saturated rings. The van der Waals surface area contributed by atoms with E-state index in [0.717, 1.165) is 77.1 Å². The van der Waals surface area contributed by atoms with Gasteiger partial charge >= 0.3 is 0 Å². The minimum atomic E-state index is -0.332. The molecule has 11 nitrogen and oxygen atoms in total. The van der Waals surface area contributed by atoms with Crippen molar-refractivity contribution in [1.29, 1.82) is 0 Å². The molecule has 1 aliphatic rings. The Morgan fingerprint density at radius 2 is 1.69 bits per heavy atom. The highest BCUT2D eigenvalue weighted by molar-refractivity contribution is 6.00. The zero-order valence-electron chi connectivity index (χ0n) is 31.7. The van der Waals surface area contributed by atoms with Crippen LogP contribution in [0.15, 0.2) is 72.9 Å². The summed E-state index contributed by atoms with van der Waals surface area (Å²) in [7, 11) is 3.99. The highest BCUT2D eigenvalue weighted by Gasteiger charge is 2.22. The summed E-state index contributed by atoms with van der Waals surface area (Å²) < 4.78 is 22.5. The normalized spacial score (nSPS) is 13.4. The number of hydrogen-bond acceptors (Lipinski definition) is 8. The summed E-state index contributed by atoms with van der Waals surface area (Å²) >= 11 is 0. The molecule has 1 saturated heterocycles. The third-order valence-corrected chi connectivity index (χ3v) is 9.91. The van der Waals surface area contributed by atoms with Crippen LogP contribution in [-0.2, 0) is 37.3 Å². The number of pyridine rings is 1. The van der Waals surface area contributed by atoms with Crippen LogP contribution in [-0.4, -0.2) is 77.9 Å². The van der Waals surface area contributed by atoms with Crippen molar-refractivity contribution in [2.45, 2.75) is 65.3 Å². The van der Waals surface area contributed by atoms with Crippen molar-refractivity contribution in [2.24, 2.45) is 0 Å². The molecular formula is C42H51FN8O3. The monoisotopic (exact) mass is 734 g/mol. The van der Waals surface area contributed by atoms with E-state index in [1.165, 1.54) is 6.07 Å². The van der Waals surface area contributed by atoms with Crippen molar-refractivity contribution < 1.29 is 18.7 Å². The molecule has 6 rings (SSSR count). The maximum Gasteiger partial charge on any atom is 0.251 e. The minimum absolute atomic E-state index is 0.196. The average Bonchev–Trinajstić information content (AvgIpc) is 3.62. The molecule has 2 aromatic heterocycles. The Kier molecular flexibility index (Phi) is 13.0. The topological polar surface area (TPSA) is 125 Å². The molecule has 4 N–H and O–H groups in total. The van der Waals surface area contributed by atoms with E-state index in [9.17, 15) is 9.59 Å². The number of fused-ring (bicyclic) bond motifs is 1. The molecular weight excluding hydrogens is 684 g/mol. The van der Waals surface area contributed by atoms with Gasteiger partial charge in [-0.05, 0) is 93.4 Å². The lowest BCUT2D eigenvalue weighted by Gasteiger charge is -2.26. The van der Waals surface area contributed by atoms with Crippen LogP contribution in [0.2, 0.25) is 0 Å². The Bertz CT molecular complexity index is 2080. The molecule has 0 saturated carbocycles. The summed E-state index contributed by atoms with van der Waals surface area (Å²) in [5.74, 6) is -0.957. The molecule has 1 aliphatic heterocycles. The second-order valence-electron chi connectivity index (χ2n) is 13.8. The van der Waals surface area contributed by atoms with Gasteiger partial charge in [0.2, 0.25) is 0 Å². The first-order valence-corrected chi connectivity index (χ1v) is 18.9. The van der Waals surface area contributed by atoms with Crippen LogP contribution in [0.5, 0.6) is 0 Å². The second-order valence-corrected chi connectivity index (χ2v) is 13.8. The number of hydrogen-bond donors (Lipinski definition) is 4. The van der Waals surface area contributed by atoms with Gasteiger partial charge in [0.05, 0.1) is 17.3 Å². The molecule has 3 heterocycles. The van der Waals surface area contributed by atoms with Crippen LogP contribution in [0.25, 0.3) is 22.2 Å². The molecule has 3 aromatic carbocycles. The number of aromatic nitrogens is 3. The largest absolute Gasteiger partial charge is 0.381 e. The number of aryl methyl sites for hydroxylation is 2. The summed E-state index contributed by atoms with van der Waals surface area (Å²) in [6.07, 6.45) is 4.31. The number of likely N-dealkylation sites (N-methyl/N-ethyl adjacent to an activating group) is 2. The van der Waals surface area contributed by atoms with E-state index in [-0.39, 0.29) is 36.8 Å². The van der Waals surface area contributed by atoms with Gasteiger partial charge < -0.3 is 30.9 Å². The summed E-state index contributed by atoms with van der Waals surface area (Å²) in [5.41, 5.74) is 7.42. The molecule has 0 radical (unpaired) electrons. The van der Waals surface area contributed by atoms with Crippen molar-refractivity contribution in [1.82, 2.24) is 35.6 Å². The molecule has 2 amide bonds. The lowest BCUT2D eigenvalue weighted by Crippen LogP contribution is -2.30. The van der Waals surface area contributed by atoms with Gasteiger partial charge in [-0.1, -0.05) is 37.3 Å². The van der Waals surface area contributed by atoms with Crippen LogP contribution in [0.3, 0.4) is 0 Å². The predicted octanol–water partition coefficient (Wildman–Crippen LogP) is 5.92. The van der Waals surface area contributed by atoms with Gasteiger partial charge in [-0.3, -0.25) is 9.59 Å². The molecule has 0 aliphatic carbocycles. The van der Waals surface area contributed by atoms with Gasteiger partial charge in [-0.25, -0.2) is 14.1 Å². The highest BCUT2D eigenvalue weighted by atomic mass is 19.1. The zero-order valence-corrected chi connectivity index (χ0v) is 31.7. The quantitative estimate of drug-likeness (QED) is 0.0985. The van der Waals surface area contributed by atoms with Crippen molar-refractivity contribution in [3.05, 3.63) is 112 Å². The SMILES string of the molecule is CCc1nc2c(cnn2CC)c(NC2CCOCC2)c1CNC(=O)c1cccc(C(=O)NCc2ccc(F)c(-c3cccc(CN(C)CCNC)c3)c2)c1. The van der Waals surface area contributed by atoms with E-state index in [0.29, 0.717) is 42.9 Å². The van der Waals surface area contributed by atoms with E-state index < -0.39 is 0 Å². The third kappa shape index (κ3) is 9.30. The number of halogens is 1. The minimum Gasteiger partial charge on any atom is -0.381 e. The highest BCUT2D eigenvalue weighted by Crippen LogP contribution is 2.31. The first-order chi connectivity index (χ1) is 26.3. The van der Waals surface area contributed by atoms with Crippen LogP contribution in [0.4, 0.5) is 10.1 Å². The molecule has 54 heavy (non-hydrogen) atoms. The van der Waals surface area contributed by atoms with E-state index in [2.05, 4.69) is 45.2 Å². The number of nitrogens with zero attached hydrogens (tertiary/aromatic N) is 4. The fraction of sp³-hybridized carbons (Fsp3) is 0.381. The molecule has 0 spiro atoms. The van der Waals surface area contributed by atoms with E-state index in [4.69, 9.17) is 9.72 Å². The number of nitrogens with one attached hydrogen (secondary N) is 4. The van der Waals surface area contributed by atoms with Gasteiger partial charge in [-0.15, -0.1) is 0 Å². The zero-order chi connectivity index (χ0) is 38.0. The van der Waals surface area contributed by atoms with Crippen molar-refractivity contribution in [3.8, 4) is 11.1 Å². The van der Waals surface area contributed by atoms with E-state index in [1.54, 1.807) is 36.4 Å². The number of ether oxygens (including phenoxy) is 1. The van der Waals surface area contributed by atoms with Gasteiger partial charge in [0.25, 0.3) is 11.8 Å². The van der Waals surface area contributed by atoms with Gasteiger partial charge in [0.1, 0.15) is 5.82 Å². The first kappa shape index (κ1) is 38.6. The van der Waals surface area contributed by atoms with Crippen molar-refractivity contribution in [2.75, 3.05) is 45.7 Å². The molecule has 5 aromatic rings. The number of benzene rings is 3. The molecule has 284 valence electrons. The van der Waals surface area contributed by atoms with Crippen molar-refractivity contribution in [3.63, 3.8) is 0 Å². The number of carbonyl (C=O) groups excluding carboxylic acids is 2. The fourth-order valence-corrected chi connectivity index (χ4v) is 6.89. The Labute approximate surface area is 316 Å². The Hall–Kier alpha value is -5.17. The molecule has 12 heteroatoms. The maximum atomic E-state index is 15.1. The second kappa shape index (κ2) is 18.2. The molecule has 0 unspecified atom stereocenters. The fourth-order valence-electron chi connectivity index (χ4n) is 6.89. The first-order valence-electron chi connectivity index (χ1n) is 18.9. The summed E-state index contributed by atoms with van der Waals surface area (Å²) in [6, 6.07) is 19.7. The number of carbonyl (C=O) groups is 2. The summed E-state index contributed by atoms with van der Waals surface area (Å²) in [5, 5.41) is 18.4. The summed E-state index contributed by atoms with van der Waals surface area (Å²) in [6.45, 7) is 9.18. The lowest BCUT2D eigenvalue weighted by molar-refractivity contribution is 0.0904. The third-order valence-electron chi connectivity index (χ3n) is 9.91. The smallest absolute Gasteiger partial charge is 0.251 e. The molecule has 0 bridgehead atoms. The standard InChI is InChI=1S/C42H51FN8O3/c1-5-38-35(39(48-33-15-19-54-20-16-33)36-26-47-51(6-2)40(36)49-38)25-46-42(53)32-12-8-11-31(23-32)41(52)45-24-28-13-14-37(43)34(22-28)30-10-7-9-29(21-30)27-50(4)18-17-44-3/h7-14,21-23,26,33,44H,5-6,15-20,24-25,27H2,1-4H3,(H,45,52)(H,46,53)(H,48,49). The van der Waals surface area contributed by atoms with Crippen molar-refractivity contribution >= 4 is 28.5 Å². The van der Waals surface area contributed by atoms with Gasteiger partial charge in [0.15, 0.2) is 5.65 Å². The van der Waals surface area contributed by atoms with Gasteiger partial charge in [0, 0.05) is 86.5 Å². The Morgan fingerprint density at radius 1 is 0.944 bits per heavy atom. The Morgan fingerprint density at radius 3 is 2.41 bits per heavy atom. The lowest BCUT2D eigenvalue weighted by atomic mass is 10.00.